The zero-order valence-corrected chi connectivity index (χ0v) is 19.5. The number of carbonyl (C=O) groups is 1. The zero-order valence-electron chi connectivity index (χ0n) is 17.3. The van der Waals surface area contributed by atoms with Gasteiger partial charge in [-0.05, 0) is 23.8 Å². The van der Waals surface area contributed by atoms with E-state index in [-0.39, 0.29) is 27.1 Å². The largest absolute Gasteiger partial charge is 0.433 e. The van der Waals surface area contributed by atoms with E-state index >= 15 is 0 Å². The Kier molecular flexibility index (Phi) is 7.52. The van der Waals surface area contributed by atoms with Crippen LogP contribution in [0.3, 0.4) is 0 Å². The first kappa shape index (κ1) is 26.7. The molecule has 0 spiro atoms. The second kappa shape index (κ2) is 9.60. The number of benzene rings is 1. The van der Waals surface area contributed by atoms with Crippen LogP contribution in [0.2, 0.25) is 15.1 Å². The number of halogens is 9. The van der Waals surface area contributed by atoms with E-state index in [1.807, 2.05) is 0 Å². The number of carbonyl (C=O) groups excluding carboxylic acids is 1. The molecule has 1 atom stereocenters. The minimum atomic E-state index is -4.99. The lowest BCUT2D eigenvalue weighted by Gasteiger charge is -2.32. The number of anilines is 1. The van der Waals surface area contributed by atoms with Crippen molar-refractivity contribution in [3.63, 3.8) is 0 Å². The monoisotopic (exact) mass is 549 g/mol. The van der Waals surface area contributed by atoms with Gasteiger partial charge in [0.2, 0.25) is 11.5 Å². The van der Waals surface area contributed by atoms with Crippen LogP contribution in [0.1, 0.15) is 36.6 Å². The molecule has 34 heavy (non-hydrogen) atoms. The zero-order chi connectivity index (χ0) is 25.5. The standard InChI is InChI=1S/C20H16Cl3F6N3O2/c1-2-15(33)30-9-10-3-4-14(31-17(10)19(24,25)26)32-6-5-18(34-32,20(27,28)29)11-7-12(21)16(23)13(22)8-11/h3-4,7-8H,2,5-6,9H2,1H3,(H,30,33). The first-order valence-corrected chi connectivity index (χ1v) is 10.8. The number of hydroxylamine groups is 1. The molecule has 1 unspecified atom stereocenters. The number of nitrogens with zero attached hydrogens (tertiary/aromatic N) is 2. The molecule has 1 amide bonds. The predicted molar refractivity (Wildman–Crippen MR) is 114 cm³/mol. The van der Waals surface area contributed by atoms with Crippen molar-refractivity contribution < 1.29 is 36.0 Å². The summed E-state index contributed by atoms with van der Waals surface area (Å²) in [5, 5.41) is 2.30. The molecule has 2 heterocycles. The van der Waals surface area contributed by atoms with E-state index in [2.05, 4.69) is 10.3 Å². The van der Waals surface area contributed by atoms with E-state index in [0.29, 0.717) is 5.06 Å². The van der Waals surface area contributed by atoms with Crippen LogP contribution in [0.15, 0.2) is 24.3 Å². The lowest BCUT2D eigenvalue weighted by Crippen LogP contribution is -2.43. The second-order valence-corrected chi connectivity index (χ2v) is 8.52. The van der Waals surface area contributed by atoms with Gasteiger partial charge in [-0.3, -0.25) is 9.63 Å². The molecule has 1 saturated heterocycles. The van der Waals surface area contributed by atoms with Gasteiger partial charge in [-0.15, -0.1) is 0 Å². The highest BCUT2D eigenvalue weighted by Gasteiger charge is 2.62. The van der Waals surface area contributed by atoms with E-state index in [1.54, 1.807) is 0 Å². The van der Waals surface area contributed by atoms with Gasteiger partial charge in [0.25, 0.3) is 0 Å². The molecule has 5 nitrogen and oxygen atoms in total. The van der Waals surface area contributed by atoms with Crippen molar-refractivity contribution in [3.8, 4) is 0 Å². The van der Waals surface area contributed by atoms with E-state index < -0.39 is 60.4 Å². The Morgan fingerprint density at radius 2 is 1.76 bits per heavy atom. The molecule has 0 aliphatic carbocycles. The predicted octanol–water partition coefficient (Wildman–Crippen LogP) is 6.69. The number of pyridine rings is 1. The van der Waals surface area contributed by atoms with Crippen LogP contribution in [0.4, 0.5) is 32.2 Å². The van der Waals surface area contributed by atoms with Crippen molar-refractivity contribution in [1.29, 1.82) is 0 Å². The number of hydrogen-bond donors (Lipinski definition) is 1. The Hall–Kier alpha value is -1.95. The first-order valence-electron chi connectivity index (χ1n) is 9.72. The van der Waals surface area contributed by atoms with Gasteiger partial charge in [0, 0.05) is 24.9 Å². The average Bonchev–Trinajstić information content (AvgIpc) is 3.21. The Balaban J connectivity index is 1.99. The highest BCUT2D eigenvalue weighted by molar-refractivity contribution is 6.48. The van der Waals surface area contributed by atoms with Gasteiger partial charge >= 0.3 is 12.4 Å². The van der Waals surface area contributed by atoms with E-state index in [4.69, 9.17) is 39.6 Å². The number of hydrogen-bond acceptors (Lipinski definition) is 4. The van der Waals surface area contributed by atoms with Gasteiger partial charge < -0.3 is 5.32 Å². The summed E-state index contributed by atoms with van der Waals surface area (Å²) in [6.07, 6.45) is -10.5. The van der Waals surface area contributed by atoms with E-state index in [9.17, 15) is 31.1 Å². The third-order valence-electron chi connectivity index (χ3n) is 5.13. The van der Waals surface area contributed by atoms with Gasteiger partial charge in [-0.25, -0.2) is 10.0 Å². The van der Waals surface area contributed by atoms with E-state index in [0.717, 1.165) is 24.3 Å². The van der Waals surface area contributed by atoms with Crippen molar-refractivity contribution in [2.75, 3.05) is 11.6 Å². The Labute approximate surface area is 204 Å². The maximum absolute atomic E-state index is 14.2. The number of amides is 1. The van der Waals surface area contributed by atoms with Crippen LogP contribution in [-0.4, -0.2) is 23.6 Å². The molecule has 1 aromatic heterocycles. The maximum atomic E-state index is 14.2. The molecule has 0 radical (unpaired) electrons. The minimum absolute atomic E-state index is 0.0622. The van der Waals surface area contributed by atoms with Gasteiger partial charge in [0.15, 0.2) is 11.5 Å². The summed E-state index contributed by atoms with van der Waals surface area (Å²) in [6, 6.07) is 3.99. The molecule has 0 saturated carbocycles. The number of nitrogens with one attached hydrogen (secondary N) is 1. The van der Waals surface area contributed by atoms with Crippen LogP contribution >= 0.6 is 34.8 Å². The van der Waals surface area contributed by atoms with Crippen molar-refractivity contribution >= 4 is 46.5 Å². The summed E-state index contributed by atoms with van der Waals surface area (Å²) in [5.41, 5.74) is -5.11. The van der Waals surface area contributed by atoms with Crippen molar-refractivity contribution in [1.82, 2.24) is 10.3 Å². The molecule has 1 aliphatic heterocycles. The molecule has 1 fully saturated rings. The topological polar surface area (TPSA) is 54.5 Å². The summed E-state index contributed by atoms with van der Waals surface area (Å²) < 4.78 is 83.4. The van der Waals surface area contributed by atoms with Crippen LogP contribution in [0.25, 0.3) is 0 Å². The molecule has 1 N–H and O–H groups in total. The Morgan fingerprint density at radius 1 is 1.15 bits per heavy atom. The van der Waals surface area contributed by atoms with Gasteiger partial charge in [0.05, 0.1) is 21.6 Å². The minimum Gasteiger partial charge on any atom is -0.352 e. The summed E-state index contributed by atoms with van der Waals surface area (Å²) >= 11 is 17.6. The summed E-state index contributed by atoms with van der Waals surface area (Å²) in [4.78, 5) is 20.1. The van der Waals surface area contributed by atoms with Crippen LogP contribution in [0, 0.1) is 0 Å². The quantitative estimate of drug-likeness (QED) is 0.333. The fraction of sp³-hybridized carbons (Fsp3) is 0.400. The average molecular weight is 551 g/mol. The molecular formula is C20H16Cl3F6N3O2. The normalized spacial score (nSPS) is 18.9. The SMILES string of the molecule is CCC(=O)NCc1ccc(N2CCC(c3cc(Cl)c(Cl)c(Cl)c3)(C(F)(F)F)O2)nc1C(F)(F)F. The maximum Gasteiger partial charge on any atom is 0.433 e. The summed E-state index contributed by atoms with van der Waals surface area (Å²) in [6.45, 7) is 0.636. The second-order valence-electron chi connectivity index (χ2n) is 7.33. The Morgan fingerprint density at radius 3 is 2.29 bits per heavy atom. The van der Waals surface area contributed by atoms with Crippen LogP contribution in [-0.2, 0) is 28.0 Å². The van der Waals surface area contributed by atoms with E-state index in [1.165, 1.54) is 6.92 Å². The summed E-state index contributed by atoms with van der Waals surface area (Å²) in [7, 11) is 0. The van der Waals surface area contributed by atoms with Crippen LogP contribution in [0.5, 0.6) is 0 Å². The third-order valence-corrected chi connectivity index (χ3v) is 6.32. The third kappa shape index (κ3) is 5.17. The summed E-state index contributed by atoms with van der Waals surface area (Å²) in [5.74, 6) is -0.967. The lowest BCUT2D eigenvalue weighted by atomic mass is 9.90. The van der Waals surface area contributed by atoms with Crippen molar-refractivity contribution in [2.24, 2.45) is 0 Å². The number of rotatable bonds is 5. The fourth-order valence-electron chi connectivity index (χ4n) is 3.37. The van der Waals surface area contributed by atoms with Crippen LogP contribution < -0.4 is 10.4 Å². The molecule has 1 aliphatic rings. The molecule has 186 valence electrons. The smallest absolute Gasteiger partial charge is 0.352 e. The van der Waals surface area contributed by atoms with Crippen molar-refractivity contribution in [3.05, 3.63) is 56.2 Å². The molecule has 1 aromatic carbocycles. The highest BCUT2D eigenvalue weighted by atomic mass is 35.5. The lowest BCUT2D eigenvalue weighted by molar-refractivity contribution is -0.272. The highest BCUT2D eigenvalue weighted by Crippen LogP contribution is 2.51. The molecule has 2 aromatic rings. The molecular weight excluding hydrogens is 535 g/mol. The number of alkyl halides is 6. The van der Waals surface area contributed by atoms with Gasteiger partial charge in [0.1, 0.15) is 0 Å². The molecule has 3 rings (SSSR count). The molecule has 14 heteroatoms. The van der Waals surface area contributed by atoms with Gasteiger partial charge in [-0.1, -0.05) is 47.8 Å². The fourth-order valence-corrected chi connectivity index (χ4v) is 3.96. The first-order chi connectivity index (χ1) is 15.7. The number of aromatic nitrogens is 1. The molecule has 0 bridgehead atoms. The van der Waals surface area contributed by atoms with Gasteiger partial charge in [-0.2, -0.15) is 26.3 Å². The Bertz CT molecular complexity index is 1070. The van der Waals surface area contributed by atoms with Crippen molar-refractivity contribution in [2.45, 2.75) is 44.3 Å².